The van der Waals surface area contributed by atoms with Crippen molar-refractivity contribution in [3.8, 4) is 0 Å². The Kier molecular flexibility index (Phi) is 4.30. The smallest absolute Gasteiger partial charge is 0.259 e. The van der Waals surface area contributed by atoms with E-state index in [-0.39, 0.29) is 5.91 Å². The van der Waals surface area contributed by atoms with Gasteiger partial charge in [-0.15, -0.1) is 0 Å². The summed E-state index contributed by atoms with van der Waals surface area (Å²) < 4.78 is 0. The number of anilines is 2. The zero-order chi connectivity index (χ0) is 14.5. The Hall–Kier alpha value is -2.43. The molecule has 0 aromatic carbocycles. The molecule has 20 heavy (non-hydrogen) atoms. The maximum Gasteiger partial charge on any atom is 0.259 e. The van der Waals surface area contributed by atoms with E-state index in [1.165, 1.54) is 0 Å². The molecular weight excluding hydrogens is 252 g/mol. The quantitative estimate of drug-likeness (QED) is 0.896. The zero-order valence-electron chi connectivity index (χ0n) is 11.9. The summed E-state index contributed by atoms with van der Waals surface area (Å²) in [5, 5.41) is 5.94. The first-order chi connectivity index (χ1) is 9.60. The lowest BCUT2D eigenvalue weighted by Crippen LogP contribution is -2.16. The van der Waals surface area contributed by atoms with E-state index in [2.05, 4.69) is 20.6 Å². The van der Waals surface area contributed by atoms with Gasteiger partial charge in [0.2, 0.25) is 0 Å². The minimum atomic E-state index is -0.194. The van der Waals surface area contributed by atoms with Gasteiger partial charge in [0, 0.05) is 18.4 Å². The van der Waals surface area contributed by atoms with E-state index in [0.29, 0.717) is 11.4 Å². The average Bonchev–Trinajstić information content (AvgIpc) is 2.38. The molecule has 2 N–H and O–H groups in total. The molecule has 0 aliphatic heterocycles. The first-order valence-corrected chi connectivity index (χ1v) is 6.54. The predicted octanol–water partition coefficient (Wildman–Crippen LogP) is 2.78. The summed E-state index contributed by atoms with van der Waals surface area (Å²) >= 11 is 0. The number of hydrogen-bond acceptors (Lipinski definition) is 4. The van der Waals surface area contributed by atoms with Gasteiger partial charge in [0.15, 0.2) is 0 Å². The molecule has 104 valence electrons. The summed E-state index contributed by atoms with van der Waals surface area (Å²) in [6, 6.07) is 5.50. The number of rotatable bonds is 4. The van der Waals surface area contributed by atoms with Crippen molar-refractivity contribution in [3.63, 3.8) is 0 Å². The van der Waals surface area contributed by atoms with E-state index in [4.69, 9.17) is 0 Å². The van der Waals surface area contributed by atoms with E-state index < -0.39 is 0 Å². The highest BCUT2D eigenvalue weighted by Gasteiger charge is 2.12. The molecular formula is C15H18N4O. The van der Waals surface area contributed by atoms with Crippen LogP contribution in [0, 0.1) is 13.8 Å². The summed E-state index contributed by atoms with van der Waals surface area (Å²) in [5.74, 6) is 0.368. The number of hydrogen-bond donors (Lipinski definition) is 2. The molecule has 0 bridgehead atoms. The molecule has 0 radical (unpaired) electrons. The second kappa shape index (κ2) is 6.14. The van der Waals surface area contributed by atoms with Crippen LogP contribution in [-0.2, 0) is 0 Å². The maximum absolute atomic E-state index is 12.3. The highest BCUT2D eigenvalue weighted by Crippen LogP contribution is 2.16. The Labute approximate surface area is 118 Å². The molecule has 2 aromatic heterocycles. The molecule has 5 nitrogen and oxygen atoms in total. The van der Waals surface area contributed by atoms with Crippen LogP contribution in [0.15, 0.2) is 30.6 Å². The lowest BCUT2D eigenvalue weighted by atomic mass is 10.2. The molecule has 0 fully saturated rings. The molecule has 0 aliphatic carbocycles. The van der Waals surface area contributed by atoms with Crippen molar-refractivity contribution in [1.82, 2.24) is 9.97 Å². The molecule has 0 spiro atoms. The Balaban J connectivity index is 2.23. The van der Waals surface area contributed by atoms with E-state index in [1.807, 2.05) is 32.9 Å². The van der Waals surface area contributed by atoms with Crippen molar-refractivity contribution < 1.29 is 4.79 Å². The molecule has 0 saturated carbocycles. The van der Waals surface area contributed by atoms with Crippen LogP contribution in [0.3, 0.4) is 0 Å². The fraction of sp³-hybridized carbons (Fsp3) is 0.267. The van der Waals surface area contributed by atoms with E-state index >= 15 is 0 Å². The zero-order valence-corrected chi connectivity index (χ0v) is 11.9. The number of carbonyl (C=O) groups is 1. The molecule has 0 atom stereocenters. The topological polar surface area (TPSA) is 66.9 Å². The van der Waals surface area contributed by atoms with Crippen LogP contribution in [0.1, 0.15) is 28.5 Å². The third kappa shape index (κ3) is 3.32. The fourth-order valence-corrected chi connectivity index (χ4v) is 2.01. The van der Waals surface area contributed by atoms with Gasteiger partial charge in [-0.05, 0) is 44.5 Å². The third-order valence-electron chi connectivity index (χ3n) is 2.77. The molecule has 0 aliphatic rings. The average molecular weight is 270 g/mol. The minimum Gasteiger partial charge on any atom is -0.383 e. The lowest BCUT2D eigenvalue weighted by Gasteiger charge is -2.10. The van der Waals surface area contributed by atoms with E-state index in [0.717, 1.165) is 23.5 Å². The largest absolute Gasteiger partial charge is 0.383 e. The van der Waals surface area contributed by atoms with Crippen molar-refractivity contribution in [3.05, 3.63) is 47.4 Å². The summed E-state index contributed by atoms with van der Waals surface area (Å²) in [4.78, 5) is 20.6. The highest BCUT2D eigenvalue weighted by molar-refractivity contribution is 6.07. The Bertz CT molecular complexity index is 605. The lowest BCUT2D eigenvalue weighted by molar-refractivity contribution is 0.102. The van der Waals surface area contributed by atoms with E-state index in [9.17, 15) is 4.79 Å². The van der Waals surface area contributed by atoms with Crippen molar-refractivity contribution in [2.75, 3.05) is 17.2 Å². The second-order valence-electron chi connectivity index (χ2n) is 4.58. The molecule has 1 amide bonds. The number of pyridine rings is 2. The summed E-state index contributed by atoms with van der Waals surface area (Å²) in [6.45, 7) is 6.58. The van der Waals surface area contributed by atoms with Crippen LogP contribution in [0.4, 0.5) is 11.5 Å². The SMILES string of the molecule is CCNc1cnccc1C(=O)Nc1cc(C)cc(C)n1. The van der Waals surface area contributed by atoms with Crippen LogP contribution in [-0.4, -0.2) is 22.4 Å². The van der Waals surface area contributed by atoms with Gasteiger partial charge in [0.25, 0.3) is 5.91 Å². The normalized spacial score (nSPS) is 10.2. The molecule has 0 saturated heterocycles. The molecule has 2 rings (SSSR count). The van der Waals surface area contributed by atoms with Gasteiger partial charge in [-0.3, -0.25) is 9.78 Å². The number of aromatic nitrogens is 2. The van der Waals surface area contributed by atoms with Gasteiger partial charge in [-0.1, -0.05) is 0 Å². The number of carbonyl (C=O) groups excluding carboxylic acids is 1. The van der Waals surface area contributed by atoms with Gasteiger partial charge in [0.1, 0.15) is 5.82 Å². The first kappa shape index (κ1) is 14.0. The van der Waals surface area contributed by atoms with Gasteiger partial charge in [0.05, 0.1) is 17.4 Å². The number of nitrogens with zero attached hydrogens (tertiary/aromatic N) is 2. The predicted molar refractivity (Wildman–Crippen MR) is 80.1 cm³/mol. The van der Waals surface area contributed by atoms with Crippen LogP contribution < -0.4 is 10.6 Å². The van der Waals surface area contributed by atoms with Crippen LogP contribution >= 0.6 is 0 Å². The fourth-order valence-electron chi connectivity index (χ4n) is 2.01. The summed E-state index contributed by atoms with van der Waals surface area (Å²) in [7, 11) is 0. The minimum absolute atomic E-state index is 0.194. The molecule has 0 unspecified atom stereocenters. The monoisotopic (exact) mass is 270 g/mol. The Morgan fingerprint density at radius 3 is 2.80 bits per heavy atom. The third-order valence-corrected chi connectivity index (χ3v) is 2.77. The molecule has 2 heterocycles. The second-order valence-corrected chi connectivity index (χ2v) is 4.58. The number of nitrogens with one attached hydrogen (secondary N) is 2. The van der Waals surface area contributed by atoms with Crippen molar-refractivity contribution in [2.45, 2.75) is 20.8 Å². The van der Waals surface area contributed by atoms with Crippen molar-refractivity contribution >= 4 is 17.4 Å². The van der Waals surface area contributed by atoms with Gasteiger partial charge >= 0.3 is 0 Å². The first-order valence-electron chi connectivity index (χ1n) is 6.54. The number of amides is 1. The van der Waals surface area contributed by atoms with Gasteiger partial charge < -0.3 is 10.6 Å². The highest BCUT2D eigenvalue weighted by atomic mass is 16.1. The Morgan fingerprint density at radius 2 is 2.10 bits per heavy atom. The standard InChI is InChI=1S/C15H18N4O/c1-4-17-13-9-16-6-5-12(13)15(20)19-14-8-10(2)7-11(3)18-14/h5-9,17H,4H2,1-3H3,(H,18,19,20). The summed E-state index contributed by atoms with van der Waals surface area (Å²) in [5.41, 5.74) is 3.22. The Morgan fingerprint density at radius 1 is 1.30 bits per heavy atom. The summed E-state index contributed by atoms with van der Waals surface area (Å²) in [6.07, 6.45) is 3.25. The van der Waals surface area contributed by atoms with Crippen LogP contribution in [0.25, 0.3) is 0 Å². The van der Waals surface area contributed by atoms with Gasteiger partial charge in [-0.25, -0.2) is 4.98 Å². The molecule has 5 heteroatoms. The number of aryl methyl sites for hydroxylation is 2. The van der Waals surface area contributed by atoms with Crippen LogP contribution in [0.5, 0.6) is 0 Å². The van der Waals surface area contributed by atoms with Gasteiger partial charge in [-0.2, -0.15) is 0 Å². The van der Waals surface area contributed by atoms with Crippen molar-refractivity contribution in [1.29, 1.82) is 0 Å². The van der Waals surface area contributed by atoms with Crippen LogP contribution in [0.2, 0.25) is 0 Å². The maximum atomic E-state index is 12.3. The molecule has 2 aromatic rings. The van der Waals surface area contributed by atoms with Crippen molar-refractivity contribution in [2.24, 2.45) is 0 Å². The van der Waals surface area contributed by atoms with E-state index in [1.54, 1.807) is 18.5 Å².